The molecule has 1 aliphatic heterocycles. The molecule has 2 amide bonds. The summed E-state index contributed by atoms with van der Waals surface area (Å²) in [5.41, 5.74) is 2.51. The lowest BCUT2D eigenvalue weighted by Crippen LogP contribution is -2.45. The molecule has 0 radical (unpaired) electrons. The van der Waals surface area contributed by atoms with Crippen molar-refractivity contribution < 1.29 is 14.6 Å². The van der Waals surface area contributed by atoms with Crippen molar-refractivity contribution in [2.45, 2.75) is 24.8 Å². The van der Waals surface area contributed by atoms with Gasteiger partial charge in [-0.05, 0) is 24.5 Å². The Hall–Kier alpha value is -1.79. The molecule has 0 aromatic heterocycles. The van der Waals surface area contributed by atoms with Crippen LogP contribution in [0.2, 0.25) is 0 Å². The van der Waals surface area contributed by atoms with Crippen molar-refractivity contribution in [3.63, 3.8) is 0 Å². The number of ether oxygens (including phenoxy) is 1. The predicted molar refractivity (Wildman–Crippen MR) is 91.0 cm³/mol. The highest BCUT2D eigenvalue weighted by Crippen LogP contribution is 2.33. The summed E-state index contributed by atoms with van der Waals surface area (Å²) in [4.78, 5) is 14.3. The zero-order valence-corrected chi connectivity index (χ0v) is 13.9. The van der Waals surface area contributed by atoms with Crippen molar-refractivity contribution in [2.75, 3.05) is 45.4 Å². The number of fused-ring (bicyclic) bond motifs is 1. The zero-order valence-electron chi connectivity index (χ0n) is 13.9. The van der Waals surface area contributed by atoms with E-state index in [-0.39, 0.29) is 18.7 Å². The number of amides is 2. The van der Waals surface area contributed by atoms with Gasteiger partial charge < -0.3 is 25.4 Å². The molecule has 6 heteroatoms. The third-order valence-corrected chi connectivity index (χ3v) is 4.34. The molecule has 0 saturated carbocycles. The van der Waals surface area contributed by atoms with Crippen LogP contribution in [0.25, 0.3) is 0 Å². The molecular weight excluding hydrogens is 294 g/mol. The van der Waals surface area contributed by atoms with E-state index in [4.69, 9.17) is 4.74 Å². The number of aliphatic hydroxyl groups is 1. The molecule has 1 heterocycles. The number of aliphatic hydroxyl groups excluding tert-OH is 1. The Bertz CT molecular complexity index is 510. The Morgan fingerprint density at radius 1 is 1.48 bits per heavy atom. The molecule has 0 aliphatic carbocycles. The number of hydrogen-bond donors (Lipinski definition) is 3. The van der Waals surface area contributed by atoms with E-state index in [0.717, 1.165) is 13.0 Å². The SMILES string of the molecule is COCC[C@@H](CO)NC(=O)NC[C@@H]1CCN(C)c2ccccc21. The minimum absolute atomic E-state index is 0.0894. The van der Waals surface area contributed by atoms with Crippen LogP contribution in [0.5, 0.6) is 0 Å². The van der Waals surface area contributed by atoms with E-state index in [1.807, 2.05) is 12.1 Å². The van der Waals surface area contributed by atoms with Crippen LogP contribution in [-0.2, 0) is 4.74 Å². The van der Waals surface area contributed by atoms with E-state index >= 15 is 0 Å². The van der Waals surface area contributed by atoms with Gasteiger partial charge in [0.05, 0.1) is 12.6 Å². The number of urea groups is 1. The minimum Gasteiger partial charge on any atom is -0.394 e. The summed E-state index contributed by atoms with van der Waals surface area (Å²) in [7, 11) is 3.70. The lowest BCUT2D eigenvalue weighted by Gasteiger charge is -2.33. The molecule has 1 aromatic rings. The molecule has 3 N–H and O–H groups in total. The molecular formula is C17H27N3O3. The van der Waals surface area contributed by atoms with Crippen LogP contribution in [0.1, 0.15) is 24.3 Å². The van der Waals surface area contributed by atoms with E-state index in [2.05, 4.69) is 34.7 Å². The van der Waals surface area contributed by atoms with Gasteiger partial charge >= 0.3 is 6.03 Å². The summed E-state index contributed by atoms with van der Waals surface area (Å²) in [6.07, 6.45) is 1.61. The Kier molecular flexibility index (Phi) is 6.67. The quantitative estimate of drug-likeness (QED) is 0.708. The normalized spacial score (nSPS) is 18.2. The predicted octanol–water partition coefficient (Wildman–Crippen LogP) is 1.31. The van der Waals surface area contributed by atoms with Gasteiger partial charge in [-0.15, -0.1) is 0 Å². The number of carbonyl (C=O) groups excluding carboxylic acids is 1. The number of hydrogen-bond acceptors (Lipinski definition) is 4. The molecule has 1 aromatic carbocycles. The van der Waals surface area contributed by atoms with Crippen LogP contribution in [0.4, 0.5) is 10.5 Å². The molecule has 1 aliphatic rings. The number of nitrogens with one attached hydrogen (secondary N) is 2. The maximum atomic E-state index is 12.0. The molecule has 0 saturated heterocycles. The van der Waals surface area contributed by atoms with Crippen LogP contribution >= 0.6 is 0 Å². The standard InChI is InChI=1S/C17H27N3O3/c1-20-9-7-13(15-5-3-4-6-16(15)20)11-18-17(22)19-14(12-21)8-10-23-2/h3-6,13-14,21H,7-12H2,1-2H3,(H2,18,19,22)/t13-,14-/m0/s1. The number of methoxy groups -OCH3 is 1. The zero-order chi connectivity index (χ0) is 16.7. The van der Waals surface area contributed by atoms with Crippen LogP contribution in [0.15, 0.2) is 24.3 Å². The largest absolute Gasteiger partial charge is 0.394 e. The van der Waals surface area contributed by atoms with Gasteiger partial charge in [-0.2, -0.15) is 0 Å². The van der Waals surface area contributed by atoms with Crippen LogP contribution in [-0.4, -0.2) is 57.6 Å². The van der Waals surface area contributed by atoms with Gasteiger partial charge in [-0.25, -0.2) is 4.79 Å². The fourth-order valence-corrected chi connectivity index (χ4v) is 2.94. The first-order valence-electron chi connectivity index (χ1n) is 8.10. The second kappa shape index (κ2) is 8.74. The highest BCUT2D eigenvalue weighted by molar-refractivity contribution is 5.74. The second-order valence-electron chi connectivity index (χ2n) is 5.98. The van der Waals surface area contributed by atoms with Crippen molar-refractivity contribution in [1.82, 2.24) is 10.6 Å². The average molecular weight is 321 g/mol. The summed E-state index contributed by atoms with van der Waals surface area (Å²) >= 11 is 0. The monoisotopic (exact) mass is 321 g/mol. The molecule has 0 spiro atoms. The molecule has 0 unspecified atom stereocenters. The van der Waals surface area contributed by atoms with Gasteiger partial charge in [-0.1, -0.05) is 18.2 Å². The van der Waals surface area contributed by atoms with Crippen LogP contribution in [0.3, 0.4) is 0 Å². The Labute approximate surface area is 137 Å². The first-order chi connectivity index (χ1) is 11.2. The first kappa shape index (κ1) is 17.6. The maximum Gasteiger partial charge on any atom is 0.315 e. The van der Waals surface area contributed by atoms with Crippen molar-refractivity contribution in [1.29, 1.82) is 0 Å². The summed E-state index contributed by atoms with van der Waals surface area (Å²) in [6.45, 7) is 2.00. The topological polar surface area (TPSA) is 73.8 Å². The van der Waals surface area contributed by atoms with Gasteiger partial charge in [0.1, 0.15) is 0 Å². The fourth-order valence-electron chi connectivity index (χ4n) is 2.94. The molecule has 2 atom stereocenters. The number of rotatable bonds is 7. The number of benzene rings is 1. The van der Waals surface area contributed by atoms with Gasteiger partial charge in [0.15, 0.2) is 0 Å². The summed E-state index contributed by atoms with van der Waals surface area (Å²) in [6, 6.07) is 7.81. The molecule has 128 valence electrons. The van der Waals surface area contributed by atoms with Crippen molar-refractivity contribution in [3.05, 3.63) is 29.8 Å². The Morgan fingerprint density at radius 2 is 2.26 bits per heavy atom. The highest BCUT2D eigenvalue weighted by Gasteiger charge is 2.23. The number of carbonyl (C=O) groups is 1. The van der Waals surface area contributed by atoms with Gasteiger partial charge in [0.25, 0.3) is 0 Å². The van der Waals surface area contributed by atoms with E-state index in [1.165, 1.54) is 11.3 Å². The first-order valence-corrected chi connectivity index (χ1v) is 8.10. The summed E-state index contributed by atoms with van der Waals surface area (Å²) < 4.78 is 4.97. The molecule has 0 bridgehead atoms. The minimum atomic E-state index is -0.278. The smallest absolute Gasteiger partial charge is 0.315 e. The molecule has 0 fully saturated rings. The van der Waals surface area contributed by atoms with Crippen molar-refractivity contribution >= 4 is 11.7 Å². The third-order valence-electron chi connectivity index (χ3n) is 4.34. The van der Waals surface area contributed by atoms with Crippen molar-refractivity contribution in [3.8, 4) is 0 Å². The van der Waals surface area contributed by atoms with E-state index in [1.54, 1.807) is 7.11 Å². The van der Waals surface area contributed by atoms with Gasteiger partial charge in [-0.3, -0.25) is 0 Å². The highest BCUT2D eigenvalue weighted by atomic mass is 16.5. The lowest BCUT2D eigenvalue weighted by atomic mass is 9.90. The third kappa shape index (κ3) is 4.84. The molecule has 2 rings (SSSR count). The van der Waals surface area contributed by atoms with Crippen molar-refractivity contribution in [2.24, 2.45) is 0 Å². The second-order valence-corrected chi connectivity index (χ2v) is 5.98. The lowest BCUT2D eigenvalue weighted by molar-refractivity contribution is 0.159. The number of nitrogens with zero attached hydrogens (tertiary/aromatic N) is 1. The average Bonchev–Trinajstić information content (AvgIpc) is 2.58. The summed E-state index contributed by atoms with van der Waals surface area (Å²) in [5.74, 6) is 0.319. The number of anilines is 1. The fraction of sp³-hybridized carbons (Fsp3) is 0.588. The maximum absolute atomic E-state index is 12.0. The van der Waals surface area contributed by atoms with Crippen LogP contribution in [0, 0.1) is 0 Å². The Morgan fingerprint density at radius 3 is 3.00 bits per heavy atom. The van der Waals surface area contributed by atoms with Gasteiger partial charge in [0, 0.05) is 45.5 Å². The number of para-hydroxylation sites is 1. The van der Waals surface area contributed by atoms with E-state index in [0.29, 0.717) is 25.5 Å². The van der Waals surface area contributed by atoms with E-state index in [9.17, 15) is 9.90 Å². The molecule has 6 nitrogen and oxygen atoms in total. The van der Waals surface area contributed by atoms with E-state index < -0.39 is 0 Å². The van der Waals surface area contributed by atoms with Crippen LogP contribution < -0.4 is 15.5 Å². The van der Waals surface area contributed by atoms with Gasteiger partial charge in [0.2, 0.25) is 0 Å². The molecule has 23 heavy (non-hydrogen) atoms. The Balaban J connectivity index is 1.86. The summed E-state index contributed by atoms with van der Waals surface area (Å²) in [5, 5.41) is 15.0.